The molecule has 5 aliphatic rings. The second kappa shape index (κ2) is 39.3. The smallest absolute Gasteiger partial charge is 0.432 e. The Morgan fingerprint density at radius 2 is 0.798 bits per heavy atom. The number of methoxy groups -OCH3 is 2. The number of nitrogens with zero attached hydrogens (tertiary/aromatic N) is 3. The third kappa shape index (κ3) is 22.8. The minimum absolute atomic E-state index is 0. The molecule has 0 spiro atoms. The lowest BCUT2D eigenvalue weighted by Crippen LogP contribution is -2.51. The maximum absolute atomic E-state index is 16.5. The molecular weight excluding hydrogens is 1530 g/mol. The van der Waals surface area contributed by atoms with Gasteiger partial charge in [-0.25, -0.2) is 74.0 Å². The molecule has 0 saturated carbocycles. The summed E-state index contributed by atoms with van der Waals surface area (Å²) in [6.45, 7) is 0.871. The largest absolute Gasteiger partial charge is 0.510 e. The molecule has 0 aliphatic carbocycles. The van der Waals surface area contributed by atoms with Crippen LogP contribution in [0.5, 0.6) is 0 Å². The topological polar surface area (TPSA) is 540 Å². The maximum atomic E-state index is 16.5. The SMILES string of the molecule is C.C.C.C#C[C@@]12OC(OC)O[C@@H]1[C@@](F)(CO)O[C@H]2n1ccc(=O)[nH]c1=O.C#C[C@@]12OC(OC)O[C@@H]1[C@@](F)(COP(=O)(OCOC(=O)OC(C)C)OCOC(=O)OC(C)C)O[C@H]2n1ccc(=O)[nH]c1=O.C#C[C@]1(O)[C@H](n2ccc(=O)[nH]c2=O)O[C@](F)(COP(=O)(OCOC(=O)OC(C)C)OCOC(=O)OC(C)C)[C@H]1O. The number of carbonyl (C=O) groups excluding carboxylic acids is 4. The van der Waals surface area contributed by atoms with E-state index >= 15 is 8.78 Å². The maximum Gasteiger partial charge on any atom is 0.510 e. The van der Waals surface area contributed by atoms with Crippen LogP contribution in [-0.2, 0) is 117 Å². The molecule has 5 aliphatic heterocycles. The van der Waals surface area contributed by atoms with Crippen molar-refractivity contribution in [1.29, 1.82) is 0 Å². The number of alkyl halides is 3. The number of aromatic nitrogens is 6. The van der Waals surface area contributed by atoms with Crippen molar-refractivity contribution >= 4 is 40.3 Å². The van der Waals surface area contributed by atoms with Crippen LogP contribution >= 0.6 is 15.6 Å². The molecule has 2 unspecified atom stereocenters. The number of carbonyl (C=O) groups is 4. The van der Waals surface area contributed by atoms with Crippen LogP contribution in [0.4, 0.5) is 32.3 Å². The number of phosphoric acid groups is 2. The van der Waals surface area contributed by atoms with Gasteiger partial charge in [0.05, 0.1) is 24.4 Å². The average Bonchev–Trinajstić information content (AvgIpc) is 1.56. The first kappa shape index (κ1) is 94.5. The van der Waals surface area contributed by atoms with Gasteiger partial charge in [0.25, 0.3) is 47.2 Å². The standard InChI is InChI=1S/C23H30FN2O16P.C21H28FN2O15P.C13H13FN2O7.3CH4/c1-7-22-16(40-21(32-6)42-22)23(24,41-17(22)26-9-8-15(27)25-18(26)28)10-35-43(31,36-11-33-19(29)38-13(2)3)37-12-34-20(30)39-14(4)5;1-6-20(30)15(26)21(22,39-16(20)24-8-7-14(25)23-17(24)27)9-34-40(31,35-10-32-18(28)37-12(2)3)36-11-33-19(29)38-13(4)5;1-3-12-8(21-11(20-2)23-12)13(14,6-17)22-9(12)16-5-4-7(18)15-10(16)19;;;/h1,8-9,13-14,16-17,21H,10-12H2,2-6H3,(H,25,27,28);1,7-8,12-13,15-16,26,30H,9-11H2,2-5H3,(H,23,25,27);1,4-5,8-9,11,17H,6H2,2H3,(H,15,18,19);3*1H4/t16-,17+,21?,22+,23+;15-,16+,20+,21+;8-,9+,11?,12+,13+;;;/m000.../s1. The first-order valence-electron chi connectivity index (χ1n) is 30.2. The number of hydrogen-bond donors (Lipinski definition) is 6. The molecule has 5 fully saturated rings. The number of halogens is 3. The Bertz CT molecular complexity index is 4150. The quantitative estimate of drug-likeness (QED) is 0.0200. The number of aliphatic hydroxyl groups excluding tert-OH is 2. The molecule has 44 nitrogen and oxygen atoms in total. The van der Waals surface area contributed by atoms with E-state index in [1.807, 2.05) is 15.0 Å². The van der Waals surface area contributed by atoms with Crippen LogP contribution in [0.1, 0.15) is 96.4 Å². The normalized spacial score (nSPS) is 27.8. The van der Waals surface area contributed by atoms with E-state index in [4.69, 9.17) is 98.5 Å². The number of fused-ring (bicyclic) bond motifs is 2. The highest BCUT2D eigenvalue weighted by Gasteiger charge is 2.74. The number of phosphoric ester groups is 2. The predicted octanol–water partition coefficient (Wildman–Crippen LogP) is 2.65. The zero-order valence-corrected chi connectivity index (χ0v) is 58.9. The van der Waals surface area contributed by atoms with Crippen molar-refractivity contribution in [3.63, 3.8) is 0 Å². The van der Waals surface area contributed by atoms with Gasteiger partial charge in [0.2, 0.25) is 44.0 Å². The van der Waals surface area contributed by atoms with Crippen LogP contribution in [-0.4, -0.2) is 220 Å². The molecule has 612 valence electrons. The van der Waals surface area contributed by atoms with Gasteiger partial charge in [-0.3, -0.25) is 52.1 Å². The predicted molar refractivity (Wildman–Crippen MR) is 351 cm³/mol. The van der Waals surface area contributed by atoms with Gasteiger partial charge in [0.15, 0.2) is 37.0 Å². The molecule has 5 saturated heterocycles. The van der Waals surface area contributed by atoms with Crippen molar-refractivity contribution < 1.29 is 164 Å². The van der Waals surface area contributed by atoms with Gasteiger partial charge in [-0.15, -0.1) is 19.3 Å². The zero-order chi connectivity index (χ0) is 79.1. The Kier molecular flexibility index (Phi) is 34.1. The van der Waals surface area contributed by atoms with Gasteiger partial charge in [0, 0.05) is 51.0 Å². The Balaban J connectivity index is 0.000000435. The summed E-state index contributed by atoms with van der Waals surface area (Å²) in [5, 5.41) is 30.6. The van der Waals surface area contributed by atoms with Crippen LogP contribution in [0, 0.1) is 37.0 Å². The molecule has 3 aromatic rings. The number of rotatable bonds is 28. The summed E-state index contributed by atoms with van der Waals surface area (Å²) < 4.78 is 189. The van der Waals surface area contributed by atoms with Crippen molar-refractivity contribution in [2.75, 3.05) is 61.2 Å². The molecular formula is C60H83F3N6O38P2. The molecule has 49 heteroatoms. The monoisotopic (exact) mass is 1610 g/mol. The molecule has 8 heterocycles. The van der Waals surface area contributed by atoms with Gasteiger partial charge in [-0.1, -0.05) is 40.0 Å². The van der Waals surface area contributed by atoms with Crippen molar-refractivity contribution in [3.05, 3.63) is 99.3 Å². The molecule has 8 rings (SSSR count). The van der Waals surface area contributed by atoms with E-state index in [9.17, 15) is 76.8 Å². The second-order valence-corrected chi connectivity index (χ2v) is 26.1. The number of H-pyrrole nitrogens is 3. The van der Waals surface area contributed by atoms with Gasteiger partial charge >= 0.3 is 57.3 Å². The van der Waals surface area contributed by atoms with E-state index in [0.29, 0.717) is 4.57 Å². The van der Waals surface area contributed by atoms with E-state index < -0.39 is 230 Å². The molecule has 0 bridgehead atoms. The number of nitrogens with one attached hydrogen (secondary N) is 3. The van der Waals surface area contributed by atoms with Crippen LogP contribution in [0.2, 0.25) is 0 Å². The highest BCUT2D eigenvalue weighted by atomic mass is 31.2. The third-order valence-corrected chi connectivity index (χ3v) is 16.4. The summed E-state index contributed by atoms with van der Waals surface area (Å²) in [6, 6.07) is 2.80. The Labute approximate surface area is 615 Å². The zero-order valence-electron chi connectivity index (χ0n) is 57.1. The Morgan fingerprint density at radius 1 is 0.505 bits per heavy atom. The van der Waals surface area contributed by atoms with Gasteiger partial charge < -0.3 is 95.8 Å². The summed E-state index contributed by atoms with van der Waals surface area (Å²) in [5.74, 6) is -3.24. The van der Waals surface area contributed by atoms with Crippen molar-refractivity contribution in [2.45, 2.75) is 186 Å². The van der Waals surface area contributed by atoms with E-state index in [1.165, 1.54) is 62.5 Å². The second-order valence-electron chi connectivity index (χ2n) is 22.7. The number of aliphatic hydroxyl groups is 3. The van der Waals surface area contributed by atoms with Crippen LogP contribution in [0.15, 0.2) is 65.6 Å². The van der Waals surface area contributed by atoms with E-state index in [0.717, 1.165) is 53.0 Å². The Morgan fingerprint density at radius 3 is 1.08 bits per heavy atom. The molecule has 3 aromatic heterocycles. The summed E-state index contributed by atoms with van der Waals surface area (Å²) in [4.78, 5) is 123. The highest BCUT2D eigenvalue weighted by molar-refractivity contribution is 7.48. The van der Waals surface area contributed by atoms with E-state index in [-0.39, 0.29) is 22.3 Å². The summed E-state index contributed by atoms with van der Waals surface area (Å²) >= 11 is 0. The van der Waals surface area contributed by atoms with Gasteiger partial charge in [0.1, 0.15) is 19.8 Å². The number of hydrogen-bond acceptors (Lipinski definition) is 38. The van der Waals surface area contributed by atoms with Crippen molar-refractivity contribution in [2.24, 2.45) is 0 Å². The van der Waals surface area contributed by atoms with Crippen LogP contribution in [0.25, 0.3) is 0 Å². The first-order chi connectivity index (χ1) is 49.6. The van der Waals surface area contributed by atoms with Gasteiger partial charge in [-0.05, 0) is 55.4 Å². The molecule has 0 radical (unpaired) electrons. The summed E-state index contributed by atoms with van der Waals surface area (Å²) in [7, 11) is -7.60. The van der Waals surface area contributed by atoms with E-state index in [1.54, 1.807) is 5.92 Å². The summed E-state index contributed by atoms with van der Waals surface area (Å²) in [5.41, 5.74) is -12.4. The fourth-order valence-corrected chi connectivity index (χ4v) is 11.2. The lowest BCUT2D eigenvalue weighted by atomic mass is 9.94. The van der Waals surface area contributed by atoms with Crippen LogP contribution in [0.3, 0.4) is 0 Å². The fraction of sp³-hybridized carbons (Fsp3) is 0.633. The third-order valence-electron chi connectivity index (χ3n) is 13.8. The highest BCUT2D eigenvalue weighted by Crippen LogP contribution is 2.58. The molecule has 109 heavy (non-hydrogen) atoms. The fourth-order valence-electron chi connectivity index (χ4n) is 9.33. The summed E-state index contributed by atoms with van der Waals surface area (Å²) in [6.07, 6.45) is 0.589. The van der Waals surface area contributed by atoms with Crippen molar-refractivity contribution in [3.8, 4) is 37.0 Å². The molecule has 6 N–H and O–H groups in total. The minimum Gasteiger partial charge on any atom is -0.432 e. The molecule has 0 amide bonds. The van der Waals surface area contributed by atoms with E-state index in [2.05, 4.69) is 40.3 Å². The molecule has 0 aromatic carbocycles. The number of aromatic amines is 3. The first-order valence-corrected chi connectivity index (χ1v) is 33.2. The Hall–Kier alpha value is -8.67. The lowest BCUT2D eigenvalue weighted by Gasteiger charge is -2.27. The minimum atomic E-state index is -5.03. The van der Waals surface area contributed by atoms with Crippen LogP contribution < -0.4 is 33.7 Å². The number of terminal acetylenes is 3. The average molecular weight is 1620 g/mol. The lowest BCUT2D eigenvalue weighted by molar-refractivity contribution is -0.298. The molecule has 14 atom stereocenters. The number of ether oxygens (including phenoxy) is 17. The van der Waals surface area contributed by atoms with Crippen molar-refractivity contribution in [1.82, 2.24) is 28.7 Å². The van der Waals surface area contributed by atoms with Gasteiger partial charge in [-0.2, -0.15) is 0 Å².